The highest BCUT2D eigenvalue weighted by molar-refractivity contribution is 5.95. The molecule has 1 aromatic carbocycles. The lowest BCUT2D eigenvalue weighted by molar-refractivity contribution is -0.139. The van der Waals surface area contributed by atoms with Crippen molar-refractivity contribution in [1.82, 2.24) is 20.4 Å². The summed E-state index contributed by atoms with van der Waals surface area (Å²) < 4.78 is 41.3. The third-order valence-corrected chi connectivity index (χ3v) is 5.37. The zero-order chi connectivity index (χ0) is 21.9. The van der Waals surface area contributed by atoms with Gasteiger partial charge < -0.3 is 10.6 Å². The second kappa shape index (κ2) is 8.89. The van der Waals surface area contributed by atoms with Crippen molar-refractivity contribution in [3.63, 3.8) is 0 Å². The van der Waals surface area contributed by atoms with Crippen LogP contribution in [0.25, 0.3) is 0 Å². The Labute approximate surface area is 172 Å². The van der Waals surface area contributed by atoms with Gasteiger partial charge in [0.2, 0.25) is 5.91 Å². The van der Waals surface area contributed by atoms with Gasteiger partial charge in [0.05, 0.1) is 29.9 Å². The number of amides is 2. The van der Waals surface area contributed by atoms with Crippen LogP contribution >= 0.6 is 0 Å². The van der Waals surface area contributed by atoms with E-state index in [9.17, 15) is 22.8 Å². The first-order valence-electron chi connectivity index (χ1n) is 9.86. The van der Waals surface area contributed by atoms with Gasteiger partial charge in [-0.1, -0.05) is 24.3 Å². The highest BCUT2D eigenvalue weighted by Gasteiger charge is 2.35. The summed E-state index contributed by atoms with van der Waals surface area (Å²) in [4.78, 5) is 24.1. The predicted octanol–water partition coefficient (Wildman–Crippen LogP) is 3.31. The molecule has 2 N–H and O–H groups in total. The maximum Gasteiger partial charge on any atom is 0.391 e. The molecule has 162 valence electrons. The van der Waals surface area contributed by atoms with Crippen molar-refractivity contribution in [2.24, 2.45) is 5.92 Å². The molecular weight excluding hydrogens is 397 g/mol. The number of aromatic nitrogens is 2. The number of fused-ring (bicyclic) bond motifs is 1. The Bertz CT molecular complexity index is 923. The van der Waals surface area contributed by atoms with Crippen molar-refractivity contribution in [2.45, 2.75) is 51.9 Å². The van der Waals surface area contributed by atoms with Gasteiger partial charge in [-0.2, -0.15) is 18.3 Å². The molecule has 1 aromatic heterocycles. The number of benzene rings is 1. The minimum atomic E-state index is -4.43. The fourth-order valence-corrected chi connectivity index (χ4v) is 3.83. The fourth-order valence-electron chi connectivity index (χ4n) is 3.83. The lowest BCUT2D eigenvalue weighted by Gasteiger charge is -2.25. The summed E-state index contributed by atoms with van der Waals surface area (Å²) in [6, 6.07) is 5.54. The van der Waals surface area contributed by atoms with Gasteiger partial charge in [-0.25, -0.2) is 0 Å². The summed E-state index contributed by atoms with van der Waals surface area (Å²) in [7, 11) is 0. The van der Waals surface area contributed by atoms with Crippen LogP contribution < -0.4 is 10.6 Å². The van der Waals surface area contributed by atoms with Crippen LogP contribution in [0.3, 0.4) is 0 Å². The van der Waals surface area contributed by atoms with Crippen LogP contribution in [0, 0.1) is 12.8 Å². The molecule has 0 aliphatic carbocycles. The van der Waals surface area contributed by atoms with Gasteiger partial charge in [0.1, 0.15) is 0 Å². The maximum absolute atomic E-state index is 13.2. The van der Waals surface area contributed by atoms with E-state index in [1.165, 1.54) is 13.1 Å². The molecule has 0 spiro atoms. The second-order valence-electron chi connectivity index (χ2n) is 7.73. The second-order valence-corrected chi connectivity index (χ2v) is 7.73. The number of hydrogen-bond donors (Lipinski definition) is 2. The van der Waals surface area contributed by atoms with Crippen LogP contribution in [0.5, 0.6) is 0 Å². The van der Waals surface area contributed by atoms with Crippen LogP contribution in [0.4, 0.5) is 13.2 Å². The van der Waals surface area contributed by atoms with Crippen LogP contribution in [0.1, 0.15) is 53.0 Å². The molecule has 3 rings (SSSR count). The molecule has 0 saturated heterocycles. The Morgan fingerprint density at radius 2 is 2.03 bits per heavy atom. The standard InChI is InChI=1S/C21H25F3N4O2/c1-13-5-3-4-6-16(13)18(10-21(22,23)24)27-20(30)17-12-26-28-8-7-15(9-19(17)28)11-25-14(2)29/h3-6,12,15,18H,7-11H2,1-2H3,(H,25,29)(H,27,30). The SMILES string of the molecule is CC(=O)NCC1CCn2ncc(C(=O)NC(CC(F)(F)F)c3ccccc3C)c2C1. The summed E-state index contributed by atoms with van der Waals surface area (Å²) >= 11 is 0. The van der Waals surface area contributed by atoms with Crippen molar-refractivity contribution in [3.05, 3.63) is 52.8 Å². The van der Waals surface area contributed by atoms with Gasteiger partial charge in [-0.3, -0.25) is 14.3 Å². The quantitative estimate of drug-likeness (QED) is 0.750. The van der Waals surface area contributed by atoms with E-state index in [-0.39, 0.29) is 17.4 Å². The fraction of sp³-hybridized carbons (Fsp3) is 0.476. The summed E-state index contributed by atoms with van der Waals surface area (Å²) in [6.45, 7) is 4.25. The van der Waals surface area contributed by atoms with E-state index >= 15 is 0 Å². The van der Waals surface area contributed by atoms with E-state index in [1.807, 2.05) is 0 Å². The number of alkyl halides is 3. The molecule has 6 nitrogen and oxygen atoms in total. The smallest absolute Gasteiger partial charge is 0.356 e. The molecule has 2 unspecified atom stereocenters. The number of carbonyl (C=O) groups is 2. The Hall–Kier alpha value is -2.84. The number of rotatable bonds is 6. The predicted molar refractivity (Wildman–Crippen MR) is 105 cm³/mol. The van der Waals surface area contributed by atoms with Gasteiger partial charge in [0.15, 0.2) is 0 Å². The summed E-state index contributed by atoms with van der Waals surface area (Å²) in [5.41, 5.74) is 2.08. The third kappa shape index (κ3) is 5.40. The average Bonchev–Trinajstić information content (AvgIpc) is 3.08. The minimum Gasteiger partial charge on any atom is -0.356 e. The van der Waals surface area contributed by atoms with Gasteiger partial charge >= 0.3 is 6.18 Å². The Balaban J connectivity index is 1.80. The molecule has 2 atom stereocenters. The molecule has 9 heteroatoms. The van der Waals surface area contributed by atoms with E-state index in [0.29, 0.717) is 36.3 Å². The minimum absolute atomic E-state index is 0.125. The Morgan fingerprint density at radius 1 is 1.30 bits per heavy atom. The van der Waals surface area contributed by atoms with Crippen LogP contribution in [-0.2, 0) is 17.8 Å². The maximum atomic E-state index is 13.2. The molecule has 0 fully saturated rings. The van der Waals surface area contributed by atoms with Crippen LogP contribution in [-0.4, -0.2) is 34.3 Å². The lowest BCUT2D eigenvalue weighted by atomic mass is 9.93. The average molecular weight is 422 g/mol. The largest absolute Gasteiger partial charge is 0.391 e. The zero-order valence-corrected chi connectivity index (χ0v) is 16.9. The first kappa shape index (κ1) is 21.9. The molecule has 2 aromatic rings. The van der Waals surface area contributed by atoms with E-state index < -0.39 is 24.5 Å². The summed E-state index contributed by atoms with van der Waals surface area (Å²) in [5, 5.41) is 9.57. The number of halogens is 3. The first-order chi connectivity index (χ1) is 14.1. The van der Waals surface area contributed by atoms with Gasteiger partial charge in [-0.05, 0) is 36.8 Å². The van der Waals surface area contributed by atoms with E-state index in [2.05, 4.69) is 15.7 Å². The normalized spacial score (nSPS) is 17.2. The third-order valence-electron chi connectivity index (χ3n) is 5.37. The van der Waals surface area contributed by atoms with Gasteiger partial charge in [-0.15, -0.1) is 0 Å². The topological polar surface area (TPSA) is 76.0 Å². The molecular formula is C21H25F3N4O2. The van der Waals surface area contributed by atoms with Crippen molar-refractivity contribution in [2.75, 3.05) is 6.54 Å². The van der Waals surface area contributed by atoms with Crippen molar-refractivity contribution in [3.8, 4) is 0 Å². The van der Waals surface area contributed by atoms with E-state index in [4.69, 9.17) is 0 Å². The number of carbonyl (C=O) groups excluding carboxylic acids is 2. The monoisotopic (exact) mass is 422 g/mol. The van der Waals surface area contributed by atoms with Crippen LogP contribution in [0.2, 0.25) is 0 Å². The molecule has 0 bridgehead atoms. The number of nitrogens with zero attached hydrogens (tertiary/aromatic N) is 2. The molecule has 1 aliphatic rings. The first-order valence-corrected chi connectivity index (χ1v) is 9.86. The van der Waals surface area contributed by atoms with E-state index in [0.717, 1.165) is 6.42 Å². The lowest BCUT2D eigenvalue weighted by Crippen LogP contribution is -2.35. The molecule has 2 heterocycles. The van der Waals surface area contributed by atoms with E-state index in [1.54, 1.807) is 35.9 Å². The molecule has 0 saturated carbocycles. The zero-order valence-electron chi connectivity index (χ0n) is 16.9. The van der Waals surface area contributed by atoms with Crippen molar-refractivity contribution in [1.29, 1.82) is 0 Å². The number of nitrogens with one attached hydrogen (secondary N) is 2. The van der Waals surface area contributed by atoms with Crippen molar-refractivity contribution >= 4 is 11.8 Å². The highest BCUT2D eigenvalue weighted by atomic mass is 19.4. The molecule has 0 radical (unpaired) electrons. The highest BCUT2D eigenvalue weighted by Crippen LogP contribution is 2.32. The molecule has 1 aliphatic heterocycles. The van der Waals surface area contributed by atoms with Gasteiger partial charge in [0, 0.05) is 20.0 Å². The Morgan fingerprint density at radius 3 is 2.70 bits per heavy atom. The van der Waals surface area contributed by atoms with Crippen molar-refractivity contribution < 1.29 is 22.8 Å². The summed E-state index contributed by atoms with van der Waals surface area (Å²) in [5.74, 6) is -0.554. The summed E-state index contributed by atoms with van der Waals surface area (Å²) in [6.07, 6.45) is -2.85. The molecule has 30 heavy (non-hydrogen) atoms. The number of hydrogen-bond acceptors (Lipinski definition) is 3. The van der Waals surface area contributed by atoms with Gasteiger partial charge in [0.25, 0.3) is 5.91 Å². The Kier molecular flexibility index (Phi) is 6.48. The number of aryl methyl sites for hydroxylation is 2. The molecule has 2 amide bonds. The van der Waals surface area contributed by atoms with Crippen LogP contribution in [0.15, 0.2) is 30.5 Å².